The van der Waals surface area contributed by atoms with Gasteiger partial charge in [0.1, 0.15) is 22.3 Å². The molecule has 6 aliphatic rings. The van der Waals surface area contributed by atoms with Gasteiger partial charge in [-0.15, -0.1) is 0 Å². The Balaban J connectivity index is 0.587. The van der Waals surface area contributed by atoms with Crippen molar-refractivity contribution in [2.75, 3.05) is 0 Å². The van der Waals surface area contributed by atoms with E-state index < -0.39 is 21.7 Å². The molecule has 6 aromatic heterocycles. The lowest BCUT2D eigenvalue weighted by molar-refractivity contribution is 0.630. The summed E-state index contributed by atoms with van der Waals surface area (Å²) < 4.78 is 14.4. The molecule has 610 valence electrons. The Hall–Kier alpha value is -17.3. The second-order valence-electron chi connectivity index (χ2n) is 35.8. The number of pyridine rings is 2. The van der Waals surface area contributed by atoms with Gasteiger partial charge < -0.3 is 8.83 Å². The highest BCUT2D eigenvalue weighted by atomic mass is 16.3. The maximum absolute atomic E-state index is 7.44. The van der Waals surface area contributed by atoms with Crippen LogP contribution in [0, 0.1) is 0 Å². The van der Waals surface area contributed by atoms with E-state index in [1.807, 2.05) is 30.5 Å². The lowest BCUT2D eigenvalue weighted by Gasteiger charge is -2.48. The van der Waals surface area contributed by atoms with Crippen molar-refractivity contribution in [1.82, 2.24) is 34.9 Å². The molecule has 0 N–H and O–H groups in total. The Bertz CT molecular complexity index is 8770. The van der Waals surface area contributed by atoms with Gasteiger partial charge in [-0.05, 0) is 236 Å². The molecule has 0 aliphatic heterocycles. The van der Waals surface area contributed by atoms with Crippen LogP contribution in [-0.2, 0) is 21.7 Å². The third kappa shape index (κ3) is 9.71. The number of nitrogens with zero attached hydrogens (tertiary/aromatic N) is 7. The van der Waals surface area contributed by atoms with Gasteiger partial charge in [-0.2, -0.15) is 0 Å². The zero-order chi connectivity index (χ0) is 86.3. The molecule has 17 aromatic carbocycles. The third-order valence-corrected chi connectivity index (χ3v) is 29.7. The van der Waals surface area contributed by atoms with E-state index in [9.17, 15) is 0 Å². The topological polar surface area (TPSA) is 117 Å². The van der Waals surface area contributed by atoms with Crippen LogP contribution in [0.4, 0.5) is 0 Å². The number of hydrogen-bond acceptors (Lipinski definition) is 9. The van der Waals surface area contributed by atoms with Crippen molar-refractivity contribution in [2.24, 2.45) is 0 Å². The zero-order valence-corrected chi connectivity index (χ0v) is 70.9. The molecule has 0 fully saturated rings. The molecule has 9 heteroatoms. The normalized spacial score (nSPS) is 14.3. The molecule has 6 heterocycles. The van der Waals surface area contributed by atoms with Gasteiger partial charge in [-0.1, -0.05) is 322 Å². The highest BCUT2D eigenvalue weighted by molar-refractivity contribution is 6.12. The molecule has 0 radical (unpaired) electrons. The summed E-state index contributed by atoms with van der Waals surface area (Å²) in [4.78, 5) is 36.9. The number of benzene rings is 17. The van der Waals surface area contributed by atoms with Crippen LogP contribution >= 0.6 is 0 Å². The van der Waals surface area contributed by atoms with Gasteiger partial charge in [0, 0.05) is 79.1 Å². The van der Waals surface area contributed by atoms with Crippen molar-refractivity contribution in [3.8, 4) is 135 Å². The minimum absolute atomic E-state index is 0.499. The van der Waals surface area contributed by atoms with Crippen LogP contribution < -0.4 is 0 Å². The fourth-order valence-corrected chi connectivity index (χ4v) is 24.5. The Morgan fingerprint density at radius 2 is 0.508 bits per heavy atom. The molecule has 0 saturated carbocycles. The lowest BCUT2D eigenvalue weighted by atomic mass is 9.52. The number of para-hydroxylation sites is 1. The van der Waals surface area contributed by atoms with E-state index in [0.717, 1.165) is 144 Å². The lowest BCUT2D eigenvalue weighted by Crippen LogP contribution is -2.43. The van der Waals surface area contributed by atoms with Crippen LogP contribution in [0.25, 0.3) is 179 Å². The predicted octanol–water partition coefficient (Wildman–Crippen LogP) is 28.7. The van der Waals surface area contributed by atoms with Crippen molar-refractivity contribution in [1.29, 1.82) is 0 Å². The van der Waals surface area contributed by atoms with E-state index in [1.165, 1.54) is 100 Å². The summed E-state index contributed by atoms with van der Waals surface area (Å²) >= 11 is 0. The number of fused-ring (bicyclic) bond motifs is 38. The summed E-state index contributed by atoms with van der Waals surface area (Å²) in [6.45, 7) is 0. The van der Waals surface area contributed by atoms with E-state index in [2.05, 4.69) is 393 Å². The van der Waals surface area contributed by atoms with Crippen molar-refractivity contribution in [2.45, 2.75) is 21.7 Å². The molecule has 0 bridgehead atoms. The minimum atomic E-state index is -0.878. The molecule has 0 saturated heterocycles. The Kier molecular flexibility index (Phi) is 15.0. The highest BCUT2D eigenvalue weighted by Crippen LogP contribution is 2.71. The summed E-state index contributed by atoms with van der Waals surface area (Å²) in [5, 5.41) is 4.13. The summed E-state index contributed by atoms with van der Waals surface area (Å²) in [6, 6.07) is 152. The van der Waals surface area contributed by atoms with E-state index in [1.54, 1.807) is 12.4 Å². The van der Waals surface area contributed by atoms with Crippen molar-refractivity contribution < 1.29 is 8.83 Å². The summed E-state index contributed by atoms with van der Waals surface area (Å²) in [5.74, 6) is 2.20. The summed E-state index contributed by atoms with van der Waals surface area (Å²) in [5.41, 5.74) is 40.4. The van der Waals surface area contributed by atoms with E-state index >= 15 is 0 Å². The van der Waals surface area contributed by atoms with Gasteiger partial charge in [0.05, 0.1) is 38.7 Å². The standard InChI is InChI=1S/C123H71N7O2/c1-3-26-72(27-4-1)75-30-25-31-76(62-75)110-71-111(127-116(126-110)73-28-5-2-6-29-73)77-50-53-85-89-67-92-87-54-51-78(66-113(87)132-115(92)69-107(89)123(106(85)64-77)104-47-22-18-43-100(104)121(101-44-19-23-48-105(101)123)95-39-14-9-34-83(95)84-35-10-15-40-96(84)121)109-65-80(58-61-125-109)119-129-117(74-56-59-124-60-57-74)128-118(130-119)79-52-55-97-88(63-79)90-68-91-86-36-11-24-49-112(86)131-114(91)70-108(90)122(97)102-45-20-16-41-98(102)120(99-42-17-21-46-103(99)122)93-37-12-7-32-81(93)82-33-8-13-38-94(82)120/h1-71H. The van der Waals surface area contributed by atoms with Crippen LogP contribution in [0.1, 0.15) is 89.0 Å². The van der Waals surface area contributed by atoms with Crippen LogP contribution in [0.5, 0.6) is 0 Å². The quantitative estimate of drug-likeness (QED) is 0.147. The molecule has 23 aromatic rings. The fourth-order valence-electron chi connectivity index (χ4n) is 24.5. The highest BCUT2D eigenvalue weighted by Gasteiger charge is 2.62. The van der Waals surface area contributed by atoms with Crippen molar-refractivity contribution in [3.63, 3.8) is 0 Å². The Labute approximate surface area is 759 Å². The first kappa shape index (κ1) is 72.8. The molecule has 132 heavy (non-hydrogen) atoms. The van der Waals surface area contributed by atoms with E-state index in [-0.39, 0.29) is 0 Å². The van der Waals surface area contributed by atoms with Gasteiger partial charge in [-0.25, -0.2) is 24.9 Å². The average molecular weight is 1680 g/mol. The number of rotatable bonds is 8. The maximum atomic E-state index is 7.44. The SMILES string of the molecule is c1ccc(-c2cccc(-c3cc(-c4ccc5c(c4)C4(c6cc7oc8cc(-c9cc(-c%10nc(-c%11ccncc%11)nc(-c%11ccc%12c(c%11)-c%11cc%13c(cc%11C%12%11c%12ccccc%12C%12(c%14ccccc%14-c%14ccccc%14%12)c%12ccccc%12%11)oc%11ccccc%11%13)n%10)ccn9)ccc8c7cc6-5)c5ccccc5C5(c6ccccc6-c6ccccc65)c5ccccc54)nc(-c4ccccc4)n3)c2)cc1. The molecule has 0 amide bonds. The molecule has 6 aliphatic carbocycles. The van der Waals surface area contributed by atoms with Crippen molar-refractivity contribution >= 4 is 43.9 Å². The molecule has 29 rings (SSSR count). The maximum Gasteiger partial charge on any atom is 0.164 e. The van der Waals surface area contributed by atoms with Crippen LogP contribution in [0.3, 0.4) is 0 Å². The molecular formula is C123H71N7O2. The molecule has 9 nitrogen and oxygen atoms in total. The zero-order valence-electron chi connectivity index (χ0n) is 70.9. The minimum Gasteiger partial charge on any atom is -0.456 e. The largest absolute Gasteiger partial charge is 0.456 e. The second-order valence-corrected chi connectivity index (χ2v) is 35.8. The Morgan fingerprint density at radius 1 is 0.159 bits per heavy atom. The van der Waals surface area contributed by atoms with Gasteiger partial charge in [0.25, 0.3) is 0 Å². The Morgan fingerprint density at radius 3 is 1.06 bits per heavy atom. The van der Waals surface area contributed by atoms with Gasteiger partial charge in [0.2, 0.25) is 0 Å². The molecule has 4 spiro atoms. The fraction of sp³-hybridized carbons (Fsp3) is 0.0325. The van der Waals surface area contributed by atoms with Crippen LogP contribution in [0.15, 0.2) is 440 Å². The summed E-state index contributed by atoms with van der Waals surface area (Å²) in [6.07, 6.45) is 5.44. The molecule has 0 atom stereocenters. The van der Waals surface area contributed by atoms with Gasteiger partial charge in [-0.3, -0.25) is 9.97 Å². The number of aromatic nitrogens is 7. The predicted molar refractivity (Wildman–Crippen MR) is 525 cm³/mol. The number of furan rings is 2. The van der Waals surface area contributed by atoms with E-state index in [0.29, 0.717) is 23.3 Å². The summed E-state index contributed by atoms with van der Waals surface area (Å²) in [7, 11) is 0. The van der Waals surface area contributed by atoms with E-state index in [4.69, 9.17) is 38.7 Å². The molecular weight excluding hydrogens is 1610 g/mol. The molecule has 0 unspecified atom stereocenters. The van der Waals surface area contributed by atoms with Crippen molar-refractivity contribution in [3.05, 3.63) is 520 Å². The van der Waals surface area contributed by atoms with Crippen LogP contribution in [0.2, 0.25) is 0 Å². The van der Waals surface area contributed by atoms with Gasteiger partial charge in [0.15, 0.2) is 23.3 Å². The smallest absolute Gasteiger partial charge is 0.164 e. The number of hydrogen-bond donors (Lipinski definition) is 0. The first-order valence-electron chi connectivity index (χ1n) is 45.2. The first-order chi connectivity index (χ1) is 65.4. The average Bonchev–Trinajstić information content (AvgIpc) is 1.47. The second kappa shape index (κ2) is 27.1. The van der Waals surface area contributed by atoms with Gasteiger partial charge >= 0.3 is 0 Å². The monoisotopic (exact) mass is 1680 g/mol. The first-order valence-corrected chi connectivity index (χ1v) is 45.2. The third-order valence-electron chi connectivity index (χ3n) is 29.7. The van der Waals surface area contributed by atoms with Crippen LogP contribution in [-0.4, -0.2) is 34.9 Å².